The number of aromatic hydroxyl groups is 1. The van der Waals surface area contributed by atoms with E-state index in [0.717, 1.165) is 35.3 Å². The molecule has 3 rings (SSSR count). The predicted molar refractivity (Wildman–Crippen MR) is 108 cm³/mol. The van der Waals surface area contributed by atoms with Crippen LogP contribution in [0, 0.1) is 5.82 Å². The zero-order valence-electron chi connectivity index (χ0n) is 15.6. The van der Waals surface area contributed by atoms with Crippen LogP contribution in [-0.4, -0.2) is 22.1 Å². The van der Waals surface area contributed by atoms with Gasteiger partial charge in [0.25, 0.3) is 5.91 Å². The lowest BCUT2D eigenvalue weighted by atomic mass is 9.73. The van der Waals surface area contributed by atoms with E-state index in [4.69, 9.17) is 5.11 Å². The van der Waals surface area contributed by atoms with Crippen LogP contribution < -0.4 is 5.32 Å². The number of anilines is 1. The number of phenols is 1. The van der Waals surface area contributed by atoms with Crippen molar-refractivity contribution in [3.05, 3.63) is 62.9 Å². The third-order valence-electron chi connectivity index (χ3n) is 4.98. The number of allylic oxidation sites excluding steroid dienone is 2. The first-order chi connectivity index (χ1) is 13.0. The van der Waals surface area contributed by atoms with Gasteiger partial charge in [-0.05, 0) is 75.7 Å². The lowest BCUT2D eigenvalue weighted by Crippen LogP contribution is -2.23. The minimum Gasteiger partial charge on any atom is -0.506 e. The summed E-state index contributed by atoms with van der Waals surface area (Å²) < 4.78 is 14.3. The van der Waals surface area contributed by atoms with Gasteiger partial charge in [-0.15, -0.1) is 0 Å². The van der Waals surface area contributed by atoms with Gasteiger partial charge in [-0.25, -0.2) is 9.18 Å². The number of carbonyl (C=O) groups is 2. The molecule has 0 unspecified atom stereocenters. The quantitative estimate of drug-likeness (QED) is 0.593. The van der Waals surface area contributed by atoms with Gasteiger partial charge in [0.2, 0.25) is 0 Å². The van der Waals surface area contributed by atoms with Crippen LogP contribution in [0.25, 0.3) is 5.57 Å². The average Bonchev–Trinajstić information content (AvgIpc) is 2.60. The van der Waals surface area contributed by atoms with Crippen molar-refractivity contribution >= 4 is 39.1 Å². The van der Waals surface area contributed by atoms with Gasteiger partial charge < -0.3 is 15.5 Å². The maximum Gasteiger partial charge on any atom is 0.338 e. The van der Waals surface area contributed by atoms with Crippen LogP contribution in [-0.2, 0) is 5.41 Å². The maximum atomic E-state index is 13.9. The van der Waals surface area contributed by atoms with Crippen LogP contribution >= 0.6 is 15.9 Å². The summed E-state index contributed by atoms with van der Waals surface area (Å²) in [5.74, 6) is -3.17. The van der Waals surface area contributed by atoms with Crippen molar-refractivity contribution in [2.24, 2.45) is 0 Å². The second-order valence-electron chi connectivity index (χ2n) is 7.44. The number of phenolic OH excluding ortho intramolecular Hbond substituents is 1. The van der Waals surface area contributed by atoms with E-state index >= 15 is 0 Å². The van der Waals surface area contributed by atoms with E-state index in [1.54, 1.807) is 6.07 Å². The fourth-order valence-electron chi connectivity index (χ4n) is 3.32. The Morgan fingerprint density at radius 1 is 1.21 bits per heavy atom. The largest absolute Gasteiger partial charge is 0.506 e. The summed E-state index contributed by atoms with van der Waals surface area (Å²) in [5, 5.41) is 22.0. The highest BCUT2D eigenvalue weighted by molar-refractivity contribution is 9.10. The smallest absolute Gasteiger partial charge is 0.338 e. The number of aromatic carboxylic acids is 1. The molecule has 0 saturated heterocycles. The van der Waals surface area contributed by atoms with E-state index in [1.807, 2.05) is 6.92 Å². The van der Waals surface area contributed by atoms with Crippen LogP contribution in [0.5, 0.6) is 5.75 Å². The molecule has 0 heterocycles. The zero-order chi connectivity index (χ0) is 20.8. The minimum atomic E-state index is -1.39. The van der Waals surface area contributed by atoms with Gasteiger partial charge in [-0.2, -0.15) is 0 Å². The van der Waals surface area contributed by atoms with Crippen LogP contribution in [0.15, 0.2) is 34.8 Å². The summed E-state index contributed by atoms with van der Waals surface area (Å²) >= 11 is 3.40. The van der Waals surface area contributed by atoms with E-state index in [1.165, 1.54) is 6.07 Å². The second kappa shape index (κ2) is 7.05. The molecule has 3 N–H and O–H groups in total. The van der Waals surface area contributed by atoms with Gasteiger partial charge in [0.05, 0.1) is 15.6 Å². The molecule has 7 heteroatoms. The van der Waals surface area contributed by atoms with Gasteiger partial charge in [-0.1, -0.05) is 19.9 Å². The topological polar surface area (TPSA) is 86.6 Å². The molecule has 0 aliphatic heterocycles. The van der Waals surface area contributed by atoms with Crippen molar-refractivity contribution in [1.82, 2.24) is 0 Å². The molecule has 0 fully saturated rings. The number of carboxylic acid groups (broad SMARTS) is 1. The number of hydrogen-bond acceptors (Lipinski definition) is 3. The highest BCUT2D eigenvalue weighted by Gasteiger charge is 2.32. The third kappa shape index (κ3) is 3.42. The molecule has 146 valence electrons. The Hall–Kier alpha value is -2.67. The maximum absolute atomic E-state index is 13.9. The molecule has 28 heavy (non-hydrogen) atoms. The molecule has 2 aromatic rings. The Kier molecular flexibility index (Phi) is 5.06. The summed E-state index contributed by atoms with van der Waals surface area (Å²) in [4.78, 5) is 23.7. The van der Waals surface area contributed by atoms with Crippen molar-refractivity contribution in [1.29, 1.82) is 0 Å². The number of benzene rings is 2. The highest BCUT2D eigenvalue weighted by atomic mass is 79.9. The van der Waals surface area contributed by atoms with Gasteiger partial charge in [0.1, 0.15) is 11.6 Å². The number of rotatable bonds is 3. The Morgan fingerprint density at radius 3 is 2.50 bits per heavy atom. The number of fused-ring (bicyclic) bond motifs is 1. The van der Waals surface area contributed by atoms with Gasteiger partial charge in [0, 0.05) is 5.69 Å². The number of hydrogen-bond donors (Lipinski definition) is 3. The SMILES string of the molecule is CC1=CCC(C)(C)c2cc(C(=O)Nc3ccc(C(=O)O)c(F)c3)c(O)c(Br)c21. The monoisotopic (exact) mass is 447 g/mol. The number of carbonyl (C=O) groups excluding carboxylic acids is 1. The molecule has 1 aliphatic rings. The zero-order valence-corrected chi connectivity index (χ0v) is 17.1. The molecule has 0 bridgehead atoms. The first kappa shape index (κ1) is 20.1. The number of nitrogens with one attached hydrogen (secondary N) is 1. The van der Waals surface area contributed by atoms with Crippen molar-refractivity contribution in [3.63, 3.8) is 0 Å². The molecule has 2 aromatic carbocycles. The summed E-state index contributed by atoms with van der Waals surface area (Å²) in [6, 6.07) is 4.96. The average molecular weight is 448 g/mol. The standard InChI is InChI=1S/C21H19BrFNO4/c1-10-6-7-21(2,3)14-9-13(18(25)17(22)16(10)14)19(26)24-11-4-5-12(20(27)28)15(23)8-11/h4-6,8-9,25H,7H2,1-3H3,(H,24,26)(H,27,28). The number of amides is 1. The lowest BCUT2D eigenvalue weighted by Gasteiger charge is -2.33. The molecular weight excluding hydrogens is 429 g/mol. The van der Waals surface area contributed by atoms with Crippen molar-refractivity contribution in [2.45, 2.75) is 32.6 Å². The number of carboxylic acids is 1. The van der Waals surface area contributed by atoms with Crippen molar-refractivity contribution < 1.29 is 24.2 Å². The van der Waals surface area contributed by atoms with E-state index < -0.39 is 23.3 Å². The Morgan fingerprint density at radius 2 is 1.89 bits per heavy atom. The van der Waals surface area contributed by atoms with Crippen LogP contribution in [0.2, 0.25) is 0 Å². The molecule has 0 atom stereocenters. The fraction of sp³-hybridized carbons (Fsp3) is 0.238. The summed E-state index contributed by atoms with van der Waals surface area (Å²) in [6.45, 7) is 6.06. The molecule has 1 aliphatic carbocycles. The van der Waals surface area contributed by atoms with E-state index in [-0.39, 0.29) is 22.4 Å². The Bertz CT molecular complexity index is 1040. The van der Waals surface area contributed by atoms with E-state index in [9.17, 15) is 19.1 Å². The van der Waals surface area contributed by atoms with Crippen LogP contribution in [0.1, 0.15) is 59.0 Å². The highest BCUT2D eigenvalue weighted by Crippen LogP contribution is 2.46. The molecule has 0 spiro atoms. The predicted octanol–water partition coefficient (Wildman–Crippen LogP) is 5.33. The lowest BCUT2D eigenvalue weighted by molar-refractivity contribution is 0.0691. The first-order valence-electron chi connectivity index (χ1n) is 8.60. The van der Waals surface area contributed by atoms with Crippen LogP contribution in [0.4, 0.5) is 10.1 Å². The van der Waals surface area contributed by atoms with Crippen LogP contribution in [0.3, 0.4) is 0 Å². The number of halogens is 2. The fourth-order valence-corrected chi connectivity index (χ4v) is 4.06. The van der Waals surface area contributed by atoms with E-state index in [2.05, 4.69) is 41.2 Å². The van der Waals surface area contributed by atoms with Gasteiger partial charge in [0.15, 0.2) is 0 Å². The molecule has 0 saturated carbocycles. The van der Waals surface area contributed by atoms with Crippen molar-refractivity contribution in [3.8, 4) is 5.75 Å². The first-order valence-corrected chi connectivity index (χ1v) is 9.39. The van der Waals surface area contributed by atoms with Gasteiger partial charge >= 0.3 is 5.97 Å². The summed E-state index contributed by atoms with van der Waals surface area (Å²) in [6.07, 6.45) is 2.89. The minimum absolute atomic E-state index is 0.0520. The van der Waals surface area contributed by atoms with E-state index in [0.29, 0.717) is 4.47 Å². The van der Waals surface area contributed by atoms with Crippen molar-refractivity contribution in [2.75, 3.05) is 5.32 Å². The second-order valence-corrected chi connectivity index (χ2v) is 8.23. The summed E-state index contributed by atoms with van der Waals surface area (Å²) in [7, 11) is 0. The van der Waals surface area contributed by atoms with Gasteiger partial charge in [-0.3, -0.25) is 4.79 Å². The summed E-state index contributed by atoms with van der Waals surface area (Å²) in [5.41, 5.74) is 2.23. The molecule has 5 nitrogen and oxygen atoms in total. The third-order valence-corrected chi connectivity index (χ3v) is 5.76. The molecule has 0 radical (unpaired) electrons. The molecular formula is C21H19BrFNO4. The Balaban J connectivity index is 2.02. The molecule has 0 aromatic heterocycles. The Labute approximate surface area is 170 Å². The normalized spacial score (nSPS) is 14.8. The molecule has 1 amide bonds.